The van der Waals surface area contributed by atoms with Gasteiger partial charge in [-0.1, -0.05) is 6.08 Å². The van der Waals surface area contributed by atoms with Gasteiger partial charge in [0.1, 0.15) is 6.29 Å². The quantitative estimate of drug-likeness (QED) is 0.382. The van der Waals surface area contributed by atoms with Crippen molar-refractivity contribution >= 4 is 11.8 Å². The van der Waals surface area contributed by atoms with Gasteiger partial charge < -0.3 is 15.9 Å². The van der Waals surface area contributed by atoms with Crippen LogP contribution in [-0.4, -0.2) is 34.5 Å². The normalized spacial score (nSPS) is 38.9. The monoisotopic (exact) mass is 244 g/mol. The third-order valence-corrected chi connectivity index (χ3v) is 4.61. The lowest BCUT2D eigenvalue weighted by Gasteiger charge is -2.17. The zero-order chi connectivity index (χ0) is 11.5. The van der Waals surface area contributed by atoms with Crippen LogP contribution in [0.2, 0.25) is 0 Å². The lowest BCUT2D eigenvalue weighted by atomic mass is 10.0. The van der Waals surface area contributed by atoms with Crippen molar-refractivity contribution in [2.24, 2.45) is 5.73 Å². The number of aliphatic hydroxyl groups excluding tert-OH is 1. The lowest BCUT2D eigenvalue weighted by molar-refractivity contribution is -0.348. The van der Waals surface area contributed by atoms with Crippen LogP contribution in [0.4, 0.5) is 0 Å². The molecule has 2 rings (SSSR count). The molecule has 2 aliphatic heterocycles. The number of unbranched alkanes of at least 4 members (excludes halogenated alkanes) is 1. The second kappa shape index (κ2) is 5.27. The van der Waals surface area contributed by atoms with Crippen molar-refractivity contribution in [3.8, 4) is 0 Å². The Bertz CT molecular complexity index is 271. The molecule has 0 saturated carbocycles. The van der Waals surface area contributed by atoms with E-state index in [9.17, 15) is 5.11 Å². The van der Waals surface area contributed by atoms with Gasteiger partial charge in [0.05, 0.1) is 0 Å². The topological polar surface area (TPSA) is 93.4 Å². The predicted molar refractivity (Wildman–Crippen MR) is 62.6 cm³/mol. The molecule has 2 heterocycles. The van der Waals surface area contributed by atoms with Gasteiger partial charge in [-0.15, -0.1) is 0 Å². The van der Waals surface area contributed by atoms with Gasteiger partial charge in [0, 0.05) is 29.0 Å². The smallest absolute Gasteiger partial charge is 0.109 e. The molecule has 5 N–H and O–H groups in total. The average molecular weight is 244 g/mol. The summed E-state index contributed by atoms with van der Waals surface area (Å²) >= 11 is 1.95. The molecular weight excluding hydrogens is 226 g/mol. The number of hydrogen-bond acceptors (Lipinski definition) is 6. The molecule has 1 unspecified atom stereocenters. The van der Waals surface area contributed by atoms with Crippen LogP contribution in [0.25, 0.3) is 0 Å². The van der Waals surface area contributed by atoms with E-state index in [1.54, 1.807) is 0 Å². The minimum atomic E-state index is -0.820. The summed E-state index contributed by atoms with van der Waals surface area (Å²) in [5.41, 5.74) is 5.77. The van der Waals surface area contributed by atoms with Gasteiger partial charge in [0.2, 0.25) is 0 Å². The Morgan fingerprint density at radius 3 is 3.12 bits per heavy atom. The van der Waals surface area contributed by atoms with E-state index in [-0.39, 0.29) is 6.29 Å². The zero-order valence-corrected chi connectivity index (χ0v) is 9.87. The number of rotatable bonds is 4. The summed E-state index contributed by atoms with van der Waals surface area (Å²) in [6.45, 7) is 0. The van der Waals surface area contributed by atoms with Crippen LogP contribution in [-0.2, 0) is 0 Å². The fourth-order valence-corrected chi connectivity index (χ4v) is 3.93. The number of hydrogen-bond donors (Lipinski definition) is 4. The summed E-state index contributed by atoms with van der Waals surface area (Å²) in [5.74, 6) is 0.276. The number of nitrogens with two attached hydrogens (primary N) is 1. The van der Waals surface area contributed by atoms with Gasteiger partial charge in [0.25, 0.3) is 0 Å². The first kappa shape index (κ1) is 12.0. The largest absolute Gasteiger partial charge is 0.629 e. The number of allylic oxidation sites excluding steroid dienone is 1. The van der Waals surface area contributed by atoms with E-state index in [4.69, 9.17) is 10.8 Å². The molecule has 0 radical (unpaired) electrons. The van der Waals surface area contributed by atoms with Crippen molar-refractivity contribution in [2.75, 3.05) is 5.75 Å². The first-order chi connectivity index (χ1) is 7.66. The van der Waals surface area contributed by atoms with Crippen LogP contribution in [0.3, 0.4) is 0 Å². The molecule has 0 amide bonds. The first-order valence-corrected chi connectivity index (χ1v) is 6.67. The van der Waals surface area contributed by atoms with Crippen LogP contribution in [0, 0.1) is 0 Å². The second-order valence-corrected chi connectivity index (χ2v) is 5.56. The highest BCUT2D eigenvalue weighted by atomic mass is 32.2. The third-order valence-electron chi connectivity index (χ3n) is 3.10. The van der Waals surface area contributed by atoms with Crippen LogP contribution in [0.5, 0.6) is 0 Å². The Hall–Kier alpha value is -0.430. The second-order valence-electron chi connectivity index (χ2n) is 4.29. The van der Waals surface area contributed by atoms with Crippen molar-refractivity contribution in [1.82, 2.24) is 10.6 Å². The first-order valence-electron chi connectivity index (χ1n) is 5.62. The molecule has 5 nitrogen and oxygen atoms in total. The molecule has 16 heavy (non-hydrogen) atoms. The molecule has 0 aromatic carbocycles. The molecule has 0 aromatic heterocycles. The summed E-state index contributed by atoms with van der Waals surface area (Å²) in [6, 6.07) is 0.929. The number of nitrogens with one attached hydrogen (secondary N) is 2. The number of aliphatic hydroxyl groups is 1. The van der Waals surface area contributed by atoms with Gasteiger partial charge in [-0.2, -0.15) is 11.8 Å². The molecule has 0 aromatic rings. The summed E-state index contributed by atoms with van der Waals surface area (Å²) < 4.78 is 0. The predicted octanol–water partition coefficient (Wildman–Crippen LogP) is -0.796. The fourth-order valence-electron chi connectivity index (χ4n) is 2.36. The third kappa shape index (κ3) is 2.82. The minimum Gasteiger partial charge on any atom is -0.629 e. The standard InChI is InChI=1S/C10H19N3O2S/c11-10-12-6-5-16-7(9(6)13-10)3-1-2-4-8(14)15/h4,6-7,9-10,12-15H,1-3,5,11H2/p-1/t6-,7-,9-,10?/m0/s1. The maximum Gasteiger partial charge on any atom is 0.109 e. The summed E-state index contributed by atoms with van der Waals surface area (Å²) in [4.78, 5) is 0. The Labute approximate surface area is 99.5 Å². The van der Waals surface area contributed by atoms with E-state index < -0.39 is 5.95 Å². The van der Waals surface area contributed by atoms with Gasteiger partial charge in [-0.05, 0) is 19.3 Å². The molecule has 2 aliphatic rings. The Morgan fingerprint density at radius 2 is 2.38 bits per heavy atom. The van der Waals surface area contributed by atoms with Crippen molar-refractivity contribution in [3.63, 3.8) is 0 Å². The summed E-state index contributed by atoms with van der Waals surface area (Å²) in [5, 5.41) is 26.0. The SMILES string of the molecule is NC1N[C@H]2[C@H](CS[C@H]2CCC/C=C(\[O-])O)N1. The minimum absolute atomic E-state index is 0.0796. The van der Waals surface area contributed by atoms with E-state index >= 15 is 0 Å². The van der Waals surface area contributed by atoms with Gasteiger partial charge >= 0.3 is 0 Å². The summed E-state index contributed by atoms with van der Waals surface area (Å²) in [6.07, 6.45) is 3.90. The zero-order valence-electron chi connectivity index (χ0n) is 9.06. The molecule has 6 heteroatoms. The maximum absolute atomic E-state index is 10.3. The number of thioether (sulfide) groups is 1. The highest BCUT2D eigenvalue weighted by Gasteiger charge is 2.41. The highest BCUT2D eigenvalue weighted by Crippen LogP contribution is 2.33. The molecule has 4 atom stereocenters. The van der Waals surface area contributed by atoms with Gasteiger partial charge in [0.15, 0.2) is 0 Å². The van der Waals surface area contributed by atoms with Crippen molar-refractivity contribution < 1.29 is 10.2 Å². The molecule has 2 saturated heterocycles. The van der Waals surface area contributed by atoms with E-state index in [2.05, 4.69) is 10.6 Å². The van der Waals surface area contributed by atoms with Crippen molar-refractivity contribution in [3.05, 3.63) is 12.0 Å². The van der Waals surface area contributed by atoms with E-state index in [1.807, 2.05) is 11.8 Å². The molecule has 0 spiro atoms. The van der Waals surface area contributed by atoms with E-state index in [1.165, 1.54) is 6.08 Å². The van der Waals surface area contributed by atoms with Crippen molar-refractivity contribution in [1.29, 1.82) is 0 Å². The van der Waals surface area contributed by atoms with Gasteiger partial charge in [-0.3, -0.25) is 10.6 Å². The highest BCUT2D eigenvalue weighted by molar-refractivity contribution is 8.00. The molecule has 2 fully saturated rings. The Morgan fingerprint density at radius 1 is 1.56 bits per heavy atom. The van der Waals surface area contributed by atoms with Crippen LogP contribution < -0.4 is 21.5 Å². The maximum atomic E-state index is 10.3. The van der Waals surface area contributed by atoms with E-state index in [0.29, 0.717) is 23.8 Å². The number of fused-ring (bicyclic) bond motifs is 1. The van der Waals surface area contributed by atoms with Crippen LogP contribution in [0.15, 0.2) is 12.0 Å². The molecular formula is C10H18N3O2S-. The molecule has 0 bridgehead atoms. The van der Waals surface area contributed by atoms with Crippen LogP contribution >= 0.6 is 11.8 Å². The van der Waals surface area contributed by atoms with Crippen LogP contribution in [0.1, 0.15) is 19.3 Å². The molecule has 0 aliphatic carbocycles. The lowest BCUT2D eigenvalue weighted by Crippen LogP contribution is -2.43. The fraction of sp³-hybridized carbons (Fsp3) is 0.800. The van der Waals surface area contributed by atoms with Crippen molar-refractivity contribution in [2.45, 2.75) is 42.9 Å². The molecule has 92 valence electrons. The van der Waals surface area contributed by atoms with Gasteiger partial charge in [-0.25, -0.2) is 0 Å². The Balaban J connectivity index is 1.72. The Kier molecular flexibility index (Phi) is 3.96. The van der Waals surface area contributed by atoms with E-state index in [0.717, 1.165) is 18.6 Å². The average Bonchev–Trinajstić information content (AvgIpc) is 2.72. The summed E-state index contributed by atoms with van der Waals surface area (Å²) in [7, 11) is 0.